The maximum absolute atomic E-state index is 13.2. The smallest absolute Gasteiger partial charge is 0.234 e. The Morgan fingerprint density at radius 2 is 2.12 bits per heavy atom. The quantitative estimate of drug-likeness (QED) is 0.692. The van der Waals surface area contributed by atoms with Crippen LogP contribution in [0.4, 0.5) is 15.2 Å². The number of halogens is 1. The van der Waals surface area contributed by atoms with E-state index in [0.717, 1.165) is 0 Å². The van der Waals surface area contributed by atoms with Crippen LogP contribution in [0.2, 0.25) is 0 Å². The van der Waals surface area contributed by atoms with Gasteiger partial charge in [-0.25, -0.2) is 4.39 Å². The molecule has 2 aromatic rings. The lowest BCUT2D eigenvalue weighted by atomic mass is 9.90. The monoisotopic (exact) mass is 393 g/mol. The highest BCUT2D eigenvalue weighted by atomic mass is 32.2. The predicted molar refractivity (Wildman–Crippen MR) is 102 cm³/mol. The van der Waals surface area contributed by atoms with Crippen LogP contribution in [-0.4, -0.2) is 26.9 Å². The molecule has 0 aliphatic heterocycles. The summed E-state index contributed by atoms with van der Waals surface area (Å²) in [5.41, 5.74) is -0.345. The summed E-state index contributed by atoms with van der Waals surface area (Å²) in [6.07, 6.45) is 0. The number of amides is 1. The van der Waals surface area contributed by atoms with E-state index in [0.29, 0.717) is 15.2 Å². The number of carbonyl (C=O) groups excluding carboxylic acids is 1. The van der Waals surface area contributed by atoms with Gasteiger partial charge in [0, 0.05) is 5.69 Å². The summed E-state index contributed by atoms with van der Waals surface area (Å²) in [6, 6.07) is 8.20. The van der Waals surface area contributed by atoms with Crippen LogP contribution in [0.25, 0.3) is 0 Å². The van der Waals surface area contributed by atoms with E-state index in [1.807, 2.05) is 13.8 Å². The van der Waals surface area contributed by atoms with Gasteiger partial charge in [-0.2, -0.15) is 5.26 Å². The van der Waals surface area contributed by atoms with Gasteiger partial charge in [0.2, 0.25) is 11.0 Å². The molecule has 0 radical (unpaired) electrons. The third-order valence-corrected chi connectivity index (χ3v) is 5.92. The molecular formula is C17H20FN5OS2. The Balaban J connectivity index is 1.97. The lowest BCUT2D eigenvalue weighted by Gasteiger charge is -2.28. The highest BCUT2D eigenvalue weighted by molar-refractivity contribution is 8.02. The summed E-state index contributed by atoms with van der Waals surface area (Å²) in [5.74, 6) is -0.593. The van der Waals surface area contributed by atoms with Crippen molar-refractivity contribution in [3.8, 4) is 6.07 Å². The molecule has 0 unspecified atom stereocenters. The van der Waals surface area contributed by atoms with Crippen LogP contribution >= 0.6 is 23.1 Å². The minimum Gasteiger partial charge on any atom is -0.337 e. The molecule has 0 aliphatic carbocycles. The second kappa shape index (κ2) is 8.47. The van der Waals surface area contributed by atoms with Crippen LogP contribution in [-0.2, 0) is 4.79 Å². The van der Waals surface area contributed by atoms with Crippen molar-refractivity contribution < 1.29 is 9.18 Å². The maximum Gasteiger partial charge on any atom is 0.234 e. The number of rotatable bonds is 7. The second-order valence-corrected chi connectivity index (χ2v) is 8.79. The zero-order chi connectivity index (χ0) is 19.3. The molecule has 0 aliphatic rings. The van der Waals surface area contributed by atoms with E-state index in [9.17, 15) is 14.4 Å². The zero-order valence-electron chi connectivity index (χ0n) is 14.9. The van der Waals surface area contributed by atoms with Gasteiger partial charge >= 0.3 is 0 Å². The molecule has 1 heterocycles. The molecule has 0 saturated carbocycles. The standard InChI is InChI=1S/C17H20FN5OS2/c1-10(2)17(4,9-19)21-14(24)11(3)25-16-23-22-15(26-16)20-13-7-5-6-12(18)8-13/h5-8,10-11H,1-4H3,(H,20,22)(H,21,24)/t11-,17-/m0/s1. The van der Waals surface area contributed by atoms with Crippen molar-refractivity contribution >= 4 is 39.8 Å². The van der Waals surface area contributed by atoms with Crippen LogP contribution in [0.15, 0.2) is 28.6 Å². The van der Waals surface area contributed by atoms with Crippen LogP contribution in [0, 0.1) is 23.1 Å². The summed E-state index contributed by atoms with van der Waals surface area (Å²) in [7, 11) is 0. The van der Waals surface area contributed by atoms with Gasteiger partial charge in [-0.1, -0.05) is 43.0 Å². The first-order chi connectivity index (χ1) is 12.2. The molecule has 1 aromatic heterocycles. The number of nitrogens with zero attached hydrogens (tertiary/aromatic N) is 3. The van der Waals surface area contributed by atoms with E-state index in [1.165, 1.54) is 35.2 Å². The molecular weight excluding hydrogens is 373 g/mol. The number of hydrogen-bond acceptors (Lipinski definition) is 7. The topological polar surface area (TPSA) is 90.7 Å². The molecule has 2 rings (SSSR count). The van der Waals surface area contributed by atoms with Crippen LogP contribution < -0.4 is 10.6 Å². The Bertz CT molecular complexity index is 819. The lowest BCUT2D eigenvalue weighted by molar-refractivity contribution is -0.121. The van der Waals surface area contributed by atoms with Crippen molar-refractivity contribution in [3.05, 3.63) is 30.1 Å². The van der Waals surface area contributed by atoms with Crippen molar-refractivity contribution in [1.82, 2.24) is 15.5 Å². The van der Waals surface area contributed by atoms with Gasteiger partial charge in [-0.15, -0.1) is 10.2 Å². The van der Waals surface area contributed by atoms with Gasteiger partial charge in [0.15, 0.2) is 4.34 Å². The summed E-state index contributed by atoms with van der Waals surface area (Å²) in [4.78, 5) is 12.4. The number of benzene rings is 1. The van der Waals surface area contributed by atoms with Gasteiger partial charge in [0.05, 0.1) is 11.3 Å². The van der Waals surface area contributed by atoms with Crippen molar-refractivity contribution in [3.63, 3.8) is 0 Å². The minimum atomic E-state index is -0.920. The summed E-state index contributed by atoms with van der Waals surface area (Å²) in [5, 5.41) is 23.2. The minimum absolute atomic E-state index is 0.0164. The van der Waals surface area contributed by atoms with Crippen LogP contribution in [0.5, 0.6) is 0 Å². The van der Waals surface area contributed by atoms with Gasteiger partial charge in [-0.05, 0) is 38.0 Å². The van der Waals surface area contributed by atoms with E-state index >= 15 is 0 Å². The van der Waals surface area contributed by atoms with Gasteiger partial charge < -0.3 is 10.6 Å². The molecule has 9 heteroatoms. The summed E-state index contributed by atoms with van der Waals surface area (Å²) < 4.78 is 13.8. The fourth-order valence-corrected chi connectivity index (χ4v) is 3.78. The van der Waals surface area contributed by atoms with Gasteiger partial charge in [-0.3, -0.25) is 4.79 Å². The number of carbonyl (C=O) groups is 1. The van der Waals surface area contributed by atoms with Gasteiger partial charge in [0.1, 0.15) is 11.4 Å². The summed E-state index contributed by atoms with van der Waals surface area (Å²) >= 11 is 2.53. The molecule has 2 N–H and O–H groups in total. The molecule has 1 amide bonds. The van der Waals surface area contributed by atoms with E-state index in [1.54, 1.807) is 26.0 Å². The number of aromatic nitrogens is 2. The molecule has 0 fully saturated rings. The second-order valence-electron chi connectivity index (χ2n) is 6.23. The van der Waals surface area contributed by atoms with Crippen molar-refractivity contribution in [1.29, 1.82) is 5.26 Å². The number of anilines is 2. The van der Waals surface area contributed by atoms with Crippen LogP contribution in [0.3, 0.4) is 0 Å². The van der Waals surface area contributed by atoms with E-state index in [-0.39, 0.29) is 17.6 Å². The van der Waals surface area contributed by atoms with E-state index in [2.05, 4.69) is 26.9 Å². The Labute approximate surface area is 160 Å². The average molecular weight is 394 g/mol. The first-order valence-electron chi connectivity index (χ1n) is 7.99. The molecule has 2 atom stereocenters. The Morgan fingerprint density at radius 3 is 2.73 bits per heavy atom. The Kier molecular flexibility index (Phi) is 6.56. The molecule has 1 aromatic carbocycles. The van der Waals surface area contributed by atoms with Crippen molar-refractivity contribution in [2.75, 3.05) is 5.32 Å². The molecule has 138 valence electrons. The van der Waals surface area contributed by atoms with E-state index < -0.39 is 10.8 Å². The Hall–Kier alpha value is -2.18. The SMILES string of the molecule is CC(C)[C@](C)(C#N)NC(=O)[C@H](C)Sc1nnc(Nc2cccc(F)c2)s1. The molecule has 0 spiro atoms. The van der Waals surface area contributed by atoms with Crippen molar-refractivity contribution in [2.24, 2.45) is 5.92 Å². The van der Waals surface area contributed by atoms with Crippen LogP contribution in [0.1, 0.15) is 27.7 Å². The highest BCUT2D eigenvalue weighted by Crippen LogP contribution is 2.31. The third-order valence-electron chi connectivity index (χ3n) is 3.90. The molecule has 26 heavy (non-hydrogen) atoms. The highest BCUT2D eigenvalue weighted by Gasteiger charge is 2.32. The average Bonchev–Trinajstić information content (AvgIpc) is 3.01. The largest absolute Gasteiger partial charge is 0.337 e. The van der Waals surface area contributed by atoms with E-state index in [4.69, 9.17) is 0 Å². The normalized spacial score (nSPS) is 14.3. The first kappa shape index (κ1) is 20.1. The predicted octanol–water partition coefficient (Wildman–Crippen LogP) is 3.96. The third kappa shape index (κ3) is 5.16. The fourth-order valence-electron chi connectivity index (χ4n) is 1.86. The number of nitriles is 1. The molecule has 6 nitrogen and oxygen atoms in total. The molecule has 0 bridgehead atoms. The van der Waals surface area contributed by atoms with Gasteiger partial charge in [0.25, 0.3) is 0 Å². The Morgan fingerprint density at radius 1 is 1.38 bits per heavy atom. The molecule has 0 saturated heterocycles. The fraction of sp³-hybridized carbons (Fsp3) is 0.412. The summed E-state index contributed by atoms with van der Waals surface area (Å²) in [6.45, 7) is 7.23. The lowest BCUT2D eigenvalue weighted by Crippen LogP contribution is -2.51. The zero-order valence-corrected chi connectivity index (χ0v) is 16.5. The first-order valence-corrected chi connectivity index (χ1v) is 9.69. The number of thioether (sulfide) groups is 1. The number of hydrogen-bond donors (Lipinski definition) is 2. The number of nitrogens with one attached hydrogen (secondary N) is 2. The van der Waals surface area contributed by atoms with Crippen molar-refractivity contribution in [2.45, 2.75) is 42.8 Å². The maximum atomic E-state index is 13.2.